The summed E-state index contributed by atoms with van der Waals surface area (Å²) in [6, 6.07) is 0. The molecule has 0 saturated heterocycles. The quantitative estimate of drug-likeness (QED) is 0.158. The number of hydrogen-bond donors (Lipinski definition) is 0. The molecule has 4 saturated carbocycles. The third-order valence-corrected chi connectivity index (χ3v) is 11.1. The number of methoxy groups -OCH3 is 2. The van der Waals surface area contributed by atoms with Gasteiger partial charge in [-0.1, -0.05) is 184 Å². The van der Waals surface area contributed by atoms with Gasteiger partial charge in [0.2, 0.25) is 0 Å². The van der Waals surface area contributed by atoms with E-state index in [2.05, 4.69) is 55.4 Å². The minimum absolute atomic E-state index is 0.201. The van der Waals surface area contributed by atoms with Gasteiger partial charge in [0.15, 0.2) is 0 Å². The van der Waals surface area contributed by atoms with E-state index in [0.717, 1.165) is 51.4 Å². The van der Waals surface area contributed by atoms with Crippen LogP contribution in [0.3, 0.4) is 0 Å². The number of rotatable bonds is 16. The zero-order valence-electron chi connectivity index (χ0n) is 36.5. The first-order valence-corrected chi connectivity index (χ1v) is 23.0. The van der Waals surface area contributed by atoms with E-state index in [4.69, 9.17) is 23.7 Å². The number of unbranched alkanes of at least 4 members (excludes halogenated alkanes) is 8. The van der Waals surface area contributed by atoms with Gasteiger partial charge in [0.05, 0.1) is 48.8 Å². The Labute approximate surface area is 321 Å². The SMILES string of the molecule is CCCCC.CCCCC.CCCCC.CCCCC.COC1CCCCC1OC1CCCCC1OC1CCCCC1OC1CCCCC1OC. The maximum atomic E-state index is 6.85. The van der Waals surface area contributed by atoms with Crippen LogP contribution in [-0.4, -0.2) is 63.1 Å². The van der Waals surface area contributed by atoms with Crippen molar-refractivity contribution in [1.29, 1.82) is 0 Å². The van der Waals surface area contributed by atoms with E-state index in [9.17, 15) is 0 Å². The van der Waals surface area contributed by atoms with Gasteiger partial charge in [-0.15, -0.1) is 0 Å². The fourth-order valence-corrected chi connectivity index (χ4v) is 7.81. The van der Waals surface area contributed by atoms with Gasteiger partial charge in [-0.25, -0.2) is 0 Å². The lowest BCUT2D eigenvalue weighted by Gasteiger charge is -2.42. The zero-order chi connectivity index (χ0) is 38.0. The monoisotopic (exact) mass is 727 g/mol. The molecule has 8 unspecified atom stereocenters. The highest BCUT2D eigenvalue weighted by atomic mass is 16.6. The second-order valence-corrected chi connectivity index (χ2v) is 15.7. The van der Waals surface area contributed by atoms with E-state index in [-0.39, 0.29) is 48.8 Å². The van der Waals surface area contributed by atoms with Gasteiger partial charge < -0.3 is 23.7 Å². The molecule has 5 nitrogen and oxygen atoms in total. The third kappa shape index (κ3) is 24.8. The van der Waals surface area contributed by atoms with Gasteiger partial charge in [0.1, 0.15) is 0 Å². The summed E-state index contributed by atoms with van der Waals surface area (Å²) in [7, 11) is 3.67. The van der Waals surface area contributed by atoms with Crippen molar-refractivity contribution < 1.29 is 23.7 Å². The normalized spacial score (nSPS) is 29.1. The second-order valence-electron chi connectivity index (χ2n) is 15.7. The molecule has 51 heavy (non-hydrogen) atoms. The summed E-state index contributed by atoms with van der Waals surface area (Å²) < 4.78 is 31.8. The van der Waals surface area contributed by atoms with Crippen LogP contribution < -0.4 is 0 Å². The molecule has 4 aliphatic rings. The molecule has 0 spiro atoms. The maximum Gasteiger partial charge on any atom is 0.0841 e. The van der Waals surface area contributed by atoms with Crippen molar-refractivity contribution in [2.75, 3.05) is 14.2 Å². The van der Waals surface area contributed by atoms with Crippen LogP contribution in [0.1, 0.15) is 235 Å². The highest BCUT2D eigenvalue weighted by Gasteiger charge is 2.38. The molecular formula is C46H94O5. The van der Waals surface area contributed by atoms with Crippen LogP contribution in [0.2, 0.25) is 0 Å². The minimum atomic E-state index is 0.201. The average Bonchev–Trinajstić information content (AvgIpc) is 3.16. The van der Waals surface area contributed by atoms with Crippen LogP contribution >= 0.6 is 0 Å². The van der Waals surface area contributed by atoms with Crippen molar-refractivity contribution >= 4 is 0 Å². The van der Waals surface area contributed by atoms with Gasteiger partial charge in [-0.05, 0) is 51.4 Å². The molecule has 4 fully saturated rings. The van der Waals surface area contributed by atoms with Crippen LogP contribution in [0.5, 0.6) is 0 Å². The lowest BCUT2D eigenvalue weighted by molar-refractivity contribution is -0.206. The van der Waals surface area contributed by atoms with Crippen LogP contribution in [-0.2, 0) is 23.7 Å². The summed E-state index contributed by atoms with van der Waals surface area (Å²) in [6.45, 7) is 17.7. The Balaban J connectivity index is 0.00000102. The Morgan fingerprint density at radius 2 is 0.431 bits per heavy atom. The molecule has 0 aliphatic heterocycles. The molecule has 5 heteroatoms. The van der Waals surface area contributed by atoms with E-state index >= 15 is 0 Å². The molecule has 0 heterocycles. The first-order valence-electron chi connectivity index (χ1n) is 23.0. The van der Waals surface area contributed by atoms with E-state index in [1.807, 2.05) is 14.2 Å². The molecule has 0 radical (unpaired) electrons. The average molecular weight is 727 g/mol. The molecule has 0 aromatic carbocycles. The van der Waals surface area contributed by atoms with Crippen molar-refractivity contribution in [3.63, 3.8) is 0 Å². The molecule has 4 aliphatic carbocycles. The van der Waals surface area contributed by atoms with E-state index < -0.39 is 0 Å². The van der Waals surface area contributed by atoms with Gasteiger partial charge in [0.25, 0.3) is 0 Å². The zero-order valence-corrected chi connectivity index (χ0v) is 36.5. The molecule has 0 N–H and O–H groups in total. The summed E-state index contributed by atoms with van der Waals surface area (Å²) >= 11 is 0. The lowest BCUT2D eigenvalue weighted by atomic mass is 9.89. The van der Waals surface area contributed by atoms with Crippen LogP contribution in [0, 0.1) is 0 Å². The minimum Gasteiger partial charge on any atom is -0.379 e. The Bertz CT molecular complexity index is 613. The predicted molar refractivity (Wildman–Crippen MR) is 222 cm³/mol. The molecule has 8 atom stereocenters. The van der Waals surface area contributed by atoms with E-state index in [1.54, 1.807) is 0 Å². The summed E-state index contributed by atoms with van der Waals surface area (Å²) in [5, 5.41) is 0. The van der Waals surface area contributed by atoms with Crippen molar-refractivity contribution in [1.82, 2.24) is 0 Å². The molecule has 0 amide bonds. The summed E-state index contributed by atoms with van der Waals surface area (Å²) in [4.78, 5) is 0. The molecule has 0 aromatic heterocycles. The third-order valence-electron chi connectivity index (χ3n) is 11.1. The van der Waals surface area contributed by atoms with Crippen LogP contribution in [0.4, 0.5) is 0 Å². The van der Waals surface area contributed by atoms with Crippen LogP contribution in [0.15, 0.2) is 0 Å². The highest BCUT2D eigenvalue weighted by molar-refractivity contribution is 4.87. The predicted octanol–water partition coefficient (Wildman–Crippen LogP) is 14.4. The van der Waals surface area contributed by atoms with Crippen molar-refractivity contribution in [3.8, 4) is 0 Å². The van der Waals surface area contributed by atoms with Crippen molar-refractivity contribution in [2.24, 2.45) is 0 Å². The molecule has 4 rings (SSSR count). The van der Waals surface area contributed by atoms with Crippen molar-refractivity contribution in [3.05, 3.63) is 0 Å². The van der Waals surface area contributed by atoms with Gasteiger partial charge in [0, 0.05) is 14.2 Å². The highest BCUT2D eigenvalue weighted by Crippen LogP contribution is 2.35. The first-order chi connectivity index (χ1) is 24.9. The molecule has 0 aromatic rings. The Morgan fingerprint density at radius 1 is 0.275 bits per heavy atom. The number of ether oxygens (including phenoxy) is 5. The smallest absolute Gasteiger partial charge is 0.0841 e. The van der Waals surface area contributed by atoms with Crippen LogP contribution in [0.25, 0.3) is 0 Å². The Hall–Kier alpha value is -0.200. The maximum absolute atomic E-state index is 6.85. The first kappa shape index (κ1) is 50.8. The van der Waals surface area contributed by atoms with E-state index in [0.29, 0.717) is 0 Å². The number of hydrogen-bond acceptors (Lipinski definition) is 5. The van der Waals surface area contributed by atoms with Gasteiger partial charge in [-0.3, -0.25) is 0 Å². The fourth-order valence-electron chi connectivity index (χ4n) is 7.81. The second kappa shape index (κ2) is 36.8. The summed E-state index contributed by atoms with van der Waals surface area (Å²) in [5.74, 6) is 0. The Kier molecular flexibility index (Phi) is 36.6. The van der Waals surface area contributed by atoms with Gasteiger partial charge >= 0.3 is 0 Å². The topological polar surface area (TPSA) is 46.2 Å². The largest absolute Gasteiger partial charge is 0.379 e. The molecule has 0 bridgehead atoms. The lowest BCUT2D eigenvalue weighted by Crippen LogP contribution is -2.48. The molecule has 308 valence electrons. The van der Waals surface area contributed by atoms with Gasteiger partial charge in [-0.2, -0.15) is 0 Å². The molecular weight excluding hydrogens is 633 g/mol. The standard InChI is InChI=1S/C26H46O5.4C5H12/c1-27-19-11-3-5-13-21(19)29-23-15-7-9-17-25(23)31-26-18-10-8-16-24(26)30-22-14-6-4-12-20(22)28-2;4*1-3-5-4-2/h19-26H,3-18H2,1-2H3;4*3-5H2,1-2H3. The van der Waals surface area contributed by atoms with E-state index in [1.165, 1.54) is 128 Å². The summed E-state index contributed by atoms with van der Waals surface area (Å²) in [6.07, 6.45) is 37.0. The Morgan fingerprint density at radius 3 is 0.569 bits per heavy atom. The fraction of sp³-hybridized carbons (Fsp3) is 1.00. The summed E-state index contributed by atoms with van der Waals surface area (Å²) in [5.41, 5.74) is 0. The van der Waals surface area contributed by atoms with Crippen molar-refractivity contribution in [2.45, 2.75) is 284 Å².